The molecule has 0 fully saturated rings. The van der Waals surface area contributed by atoms with Crippen molar-refractivity contribution in [1.82, 2.24) is 10.2 Å². The highest BCUT2D eigenvalue weighted by Gasteiger charge is 2.32. The Bertz CT molecular complexity index is 1380. The van der Waals surface area contributed by atoms with Crippen molar-refractivity contribution < 1.29 is 18.0 Å². The SMILES string of the molecule is CC(C)NC(=O)C(C)N(Cc1cccc(Cl)c1)C(=O)CN(c1ccc(C(C)C)cc1)S(=O)(=O)c1ccccc1. The Hall–Kier alpha value is -3.36. The normalized spacial score (nSPS) is 12.3. The van der Waals surface area contributed by atoms with Crippen molar-refractivity contribution in [1.29, 1.82) is 0 Å². The molecule has 0 aliphatic heterocycles. The molecule has 0 heterocycles. The largest absolute Gasteiger partial charge is 0.352 e. The average Bonchev–Trinajstić information content (AvgIpc) is 2.90. The highest BCUT2D eigenvalue weighted by molar-refractivity contribution is 7.92. The Balaban J connectivity index is 2.03. The van der Waals surface area contributed by atoms with E-state index < -0.39 is 28.5 Å². The Morgan fingerprint density at radius 3 is 2.08 bits per heavy atom. The summed E-state index contributed by atoms with van der Waals surface area (Å²) < 4.78 is 28.7. The van der Waals surface area contributed by atoms with E-state index in [1.165, 1.54) is 17.0 Å². The van der Waals surface area contributed by atoms with Crippen LogP contribution in [-0.2, 0) is 26.2 Å². The minimum absolute atomic E-state index is 0.0673. The third-order valence-corrected chi connectivity index (χ3v) is 8.32. The zero-order valence-corrected chi connectivity index (χ0v) is 24.5. The van der Waals surface area contributed by atoms with Gasteiger partial charge in [-0.15, -0.1) is 0 Å². The average molecular weight is 570 g/mol. The fourth-order valence-electron chi connectivity index (χ4n) is 4.09. The molecule has 0 saturated heterocycles. The lowest BCUT2D eigenvalue weighted by molar-refractivity contribution is -0.139. The van der Waals surface area contributed by atoms with Crippen LogP contribution in [0.3, 0.4) is 0 Å². The van der Waals surface area contributed by atoms with Crippen molar-refractivity contribution in [3.63, 3.8) is 0 Å². The molecule has 0 aliphatic carbocycles. The van der Waals surface area contributed by atoms with Gasteiger partial charge in [0.15, 0.2) is 0 Å². The fourth-order valence-corrected chi connectivity index (χ4v) is 5.74. The molecule has 3 aromatic carbocycles. The van der Waals surface area contributed by atoms with E-state index >= 15 is 0 Å². The summed E-state index contributed by atoms with van der Waals surface area (Å²) in [5, 5.41) is 3.34. The molecule has 1 unspecified atom stereocenters. The number of nitrogens with zero attached hydrogens (tertiary/aromatic N) is 2. The second-order valence-corrected chi connectivity index (χ2v) is 12.4. The Morgan fingerprint density at radius 1 is 0.872 bits per heavy atom. The van der Waals surface area contributed by atoms with Gasteiger partial charge in [-0.3, -0.25) is 13.9 Å². The summed E-state index contributed by atoms with van der Waals surface area (Å²) in [5.41, 5.74) is 2.13. The molecule has 208 valence electrons. The van der Waals surface area contributed by atoms with E-state index in [2.05, 4.69) is 5.32 Å². The summed E-state index contributed by atoms with van der Waals surface area (Å²) in [6, 6.07) is 21.2. The van der Waals surface area contributed by atoms with Gasteiger partial charge in [0.05, 0.1) is 10.6 Å². The summed E-state index contributed by atoms with van der Waals surface area (Å²) in [4.78, 5) is 28.3. The molecule has 0 spiro atoms. The lowest BCUT2D eigenvalue weighted by atomic mass is 10.0. The monoisotopic (exact) mass is 569 g/mol. The van der Waals surface area contributed by atoms with Gasteiger partial charge in [0, 0.05) is 17.6 Å². The molecule has 0 aromatic heterocycles. The maximum absolute atomic E-state index is 13.9. The molecule has 39 heavy (non-hydrogen) atoms. The molecular formula is C30H36ClN3O4S. The summed E-state index contributed by atoms with van der Waals surface area (Å²) in [7, 11) is -4.10. The van der Waals surface area contributed by atoms with Crippen LogP contribution in [0.4, 0.5) is 5.69 Å². The zero-order valence-electron chi connectivity index (χ0n) is 23.0. The van der Waals surface area contributed by atoms with Crippen LogP contribution < -0.4 is 9.62 Å². The number of carbonyl (C=O) groups is 2. The smallest absolute Gasteiger partial charge is 0.264 e. The van der Waals surface area contributed by atoms with Gasteiger partial charge in [-0.1, -0.05) is 67.9 Å². The van der Waals surface area contributed by atoms with Crippen molar-refractivity contribution in [3.05, 3.63) is 95.0 Å². The van der Waals surface area contributed by atoms with Gasteiger partial charge in [0.25, 0.3) is 10.0 Å². The lowest BCUT2D eigenvalue weighted by Crippen LogP contribution is -2.52. The van der Waals surface area contributed by atoms with Crippen LogP contribution in [0.15, 0.2) is 83.8 Å². The minimum atomic E-state index is -4.10. The van der Waals surface area contributed by atoms with E-state index in [-0.39, 0.29) is 29.3 Å². The first-order chi connectivity index (χ1) is 18.4. The van der Waals surface area contributed by atoms with Gasteiger partial charge in [-0.05, 0) is 74.2 Å². The van der Waals surface area contributed by atoms with Crippen LogP contribution >= 0.6 is 11.6 Å². The molecule has 9 heteroatoms. The molecule has 0 aliphatic rings. The van der Waals surface area contributed by atoms with Crippen LogP contribution in [0, 0.1) is 0 Å². The standard InChI is InChI=1S/C30H36ClN3O4S/c1-21(2)25-14-16-27(17-15-25)34(39(37,38)28-12-7-6-8-13-28)20-29(35)33(23(5)30(36)32-22(3)4)19-24-10-9-11-26(31)18-24/h6-18,21-23H,19-20H2,1-5H3,(H,32,36). The van der Waals surface area contributed by atoms with Gasteiger partial charge < -0.3 is 10.2 Å². The number of benzene rings is 3. The van der Waals surface area contributed by atoms with Crippen LogP contribution in [0.5, 0.6) is 0 Å². The third-order valence-electron chi connectivity index (χ3n) is 6.30. The number of hydrogen-bond acceptors (Lipinski definition) is 4. The van der Waals surface area contributed by atoms with Crippen LogP contribution in [0.2, 0.25) is 5.02 Å². The van der Waals surface area contributed by atoms with Gasteiger partial charge in [-0.2, -0.15) is 0 Å². The Kier molecular flexibility index (Phi) is 10.2. The quantitative estimate of drug-likeness (QED) is 0.326. The van der Waals surface area contributed by atoms with Gasteiger partial charge in [-0.25, -0.2) is 8.42 Å². The van der Waals surface area contributed by atoms with E-state index in [1.807, 2.05) is 45.9 Å². The van der Waals surface area contributed by atoms with Gasteiger partial charge >= 0.3 is 0 Å². The maximum Gasteiger partial charge on any atom is 0.264 e. The predicted octanol–water partition coefficient (Wildman–Crippen LogP) is 5.60. The number of halogens is 1. The highest BCUT2D eigenvalue weighted by Crippen LogP contribution is 2.26. The number of anilines is 1. The molecule has 0 bridgehead atoms. The maximum atomic E-state index is 13.9. The lowest BCUT2D eigenvalue weighted by Gasteiger charge is -2.32. The Morgan fingerprint density at radius 2 is 1.51 bits per heavy atom. The van der Waals surface area contributed by atoms with E-state index in [0.717, 1.165) is 15.4 Å². The van der Waals surface area contributed by atoms with Crippen molar-refractivity contribution in [2.45, 2.75) is 64.1 Å². The van der Waals surface area contributed by atoms with Crippen molar-refractivity contribution in [3.8, 4) is 0 Å². The molecule has 3 rings (SSSR count). The van der Waals surface area contributed by atoms with E-state index in [1.54, 1.807) is 55.5 Å². The van der Waals surface area contributed by atoms with Crippen molar-refractivity contribution in [2.24, 2.45) is 0 Å². The summed E-state index contributed by atoms with van der Waals surface area (Å²) in [6.07, 6.45) is 0. The molecule has 1 atom stereocenters. The van der Waals surface area contributed by atoms with Gasteiger partial charge in [0.2, 0.25) is 11.8 Å². The van der Waals surface area contributed by atoms with Crippen LogP contribution in [-0.4, -0.2) is 43.8 Å². The van der Waals surface area contributed by atoms with Crippen LogP contribution in [0.25, 0.3) is 0 Å². The van der Waals surface area contributed by atoms with Crippen LogP contribution in [0.1, 0.15) is 51.7 Å². The molecule has 3 aromatic rings. The number of rotatable bonds is 11. The number of nitrogens with one attached hydrogen (secondary N) is 1. The predicted molar refractivity (Wildman–Crippen MR) is 156 cm³/mol. The second-order valence-electron chi connectivity index (χ2n) is 10.1. The first kappa shape index (κ1) is 30.2. The summed E-state index contributed by atoms with van der Waals surface area (Å²) >= 11 is 6.18. The first-order valence-corrected chi connectivity index (χ1v) is 14.7. The number of hydrogen-bond donors (Lipinski definition) is 1. The number of sulfonamides is 1. The topological polar surface area (TPSA) is 86.8 Å². The van der Waals surface area contributed by atoms with Gasteiger partial charge in [0.1, 0.15) is 12.6 Å². The summed E-state index contributed by atoms with van der Waals surface area (Å²) in [5.74, 6) is -0.596. The number of carbonyl (C=O) groups excluding carboxylic acids is 2. The Labute approximate surface area is 236 Å². The summed E-state index contributed by atoms with van der Waals surface area (Å²) in [6.45, 7) is 9.00. The highest BCUT2D eigenvalue weighted by atomic mass is 35.5. The van der Waals surface area contributed by atoms with E-state index in [0.29, 0.717) is 10.7 Å². The minimum Gasteiger partial charge on any atom is -0.352 e. The van der Waals surface area contributed by atoms with Crippen molar-refractivity contribution >= 4 is 39.1 Å². The second kappa shape index (κ2) is 13.1. The molecule has 0 radical (unpaired) electrons. The molecule has 0 saturated carbocycles. The third kappa shape index (κ3) is 7.83. The molecule has 1 N–H and O–H groups in total. The molecular weight excluding hydrogens is 534 g/mol. The van der Waals surface area contributed by atoms with E-state index in [4.69, 9.17) is 11.6 Å². The molecule has 7 nitrogen and oxygen atoms in total. The first-order valence-electron chi connectivity index (χ1n) is 12.9. The molecule has 2 amide bonds. The fraction of sp³-hybridized carbons (Fsp3) is 0.333. The van der Waals surface area contributed by atoms with E-state index in [9.17, 15) is 18.0 Å². The van der Waals surface area contributed by atoms with Crippen molar-refractivity contribution in [2.75, 3.05) is 10.8 Å². The number of amides is 2. The zero-order chi connectivity index (χ0) is 28.7.